The van der Waals surface area contributed by atoms with Crippen LogP contribution in [0.15, 0.2) is 34.9 Å². The van der Waals surface area contributed by atoms with E-state index < -0.39 is 0 Å². The summed E-state index contributed by atoms with van der Waals surface area (Å²) in [4.78, 5) is 5.97. The molecule has 5 heteroatoms. The fourth-order valence-corrected chi connectivity index (χ4v) is 1.32. The fraction of sp³-hybridized carbons (Fsp3) is 0.273. The highest BCUT2D eigenvalue weighted by atomic mass is 16.5. The molecule has 16 heavy (non-hydrogen) atoms. The number of aliphatic hydroxyl groups is 1. The van der Waals surface area contributed by atoms with Gasteiger partial charge in [0.2, 0.25) is 0 Å². The maximum absolute atomic E-state index is 8.79. The third-order valence-corrected chi connectivity index (χ3v) is 2.21. The number of rotatable bonds is 4. The van der Waals surface area contributed by atoms with Gasteiger partial charge in [-0.25, -0.2) is 0 Å². The maximum Gasteiger partial charge on any atom is 0.266 e. The number of benzene rings is 1. The fourth-order valence-electron chi connectivity index (χ4n) is 1.32. The highest BCUT2D eigenvalue weighted by molar-refractivity contribution is 5.53. The van der Waals surface area contributed by atoms with Crippen molar-refractivity contribution in [2.24, 2.45) is 0 Å². The second-order valence-electron chi connectivity index (χ2n) is 3.41. The Kier molecular flexibility index (Phi) is 3.16. The van der Waals surface area contributed by atoms with Crippen molar-refractivity contribution < 1.29 is 9.63 Å². The van der Waals surface area contributed by atoms with Crippen molar-refractivity contribution >= 4 is 5.95 Å². The molecule has 0 aliphatic heterocycles. The lowest BCUT2D eigenvalue weighted by atomic mass is 10.2. The number of likely N-dealkylation sites (N-methyl/N-ethyl adjacent to an activating group) is 1. The van der Waals surface area contributed by atoms with Crippen LogP contribution in [0.2, 0.25) is 0 Å². The Hall–Kier alpha value is -1.88. The molecular weight excluding hydrogens is 206 g/mol. The molecule has 5 nitrogen and oxygen atoms in total. The summed E-state index contributed by atoms with van der Waals surface area (Å²) in [6, 6.07) is 9.57. The number of anilines is 1. The van der Waals surface area contributed by atoms with Gasteiger partial charge in [-0.3, -0.25) is 0 Å². The first kappa shape index (κ1) is 10.6. The molecule has 1 aromatic heterocycles. The Labute approximate surface area is 93.3 Å². The summed E-state index contributed by atoms with van der Waals surface area (Å²) in [7, 11) is 1.80. The van der Waals surface area contributed by atoms with Gasteiger partial charge in [-0.05, 0) is 17.3 Å². The molecule has 0 saturated heterocycles. The van der Waals surface area contributed by atoms with E-state index in [9.17, 15) is 0 Å². The molecule has 0 aliphatic rings. The van der Waals surface area contributed by atoms with Crippen molar-refractivity contribution in [3.8, 4) is 11.5 Å². The second kappa shape index (κ2) is 4.76. The average Bonchev–Trinajstić information content (AvgIpc) is 2.80. The van der Waals surface area contributed by atoms with Gasteiger partial charge in [0, 0.05) is 19.2 Å². The smallest absolute Gasteiger partial charge is 0.266 e. The van der Waals surface area contributed by atoms with Gasteiger partial charge in [0.05, 0.1) is 6.61 Å². The van der Waals surface area contributed by atoms with Crippen LogP contribution in [0, 0.1) is 0 Å². The molecule has 1 heterocycles. The van der Waals surface area contributed by atoms with Crippen LogP contribution in [0.1, 0.15) is 0 Å². The molecule has 0 radical (unpaired) electrons. The van der Waals surface area contributed by atoms with Crippen molar-refractivity contribution in [1.29, 1.82) is 0 Å². The number of aromatic nitrogens is 2. The molecule has 0 spiro atoms. The largest absolute Gasteiger partial charge is 0.395 e. The van der Waals surface area contributed by atoms with E-state index in [1.807, 2.05) is 30.3 Å². The molecule has 2 aromatic rings. The summed E-state index contributed by atoms with van der Waals surface area (Å²) in [6.07, 6.45) is 0. The maximum atomic E-state index is 8.79. The van der Waals surface area contributed by atoms with E-state index >= 15 is 0 Å². The van der Waals surface area contributed by atoms with Crippen LogP contribution in [0.4, 0.5) is 5.95 Å². The average molecular weight is 219 g/mol. The molecular formula is C11H13N3O2. The van der Waals surface area contributed by atoms with E-state index in [1.165, 1.54) is 0 Å². The standard InChI is InChI=1S/C11H13N3O2/c1-14(7-8-15)11-12-10(16-13-11)9-5-3-2-4-6-9/h2-6,15H,7-8H2,1H3. The van der Waals surface area contributed by atoms with Crippen LogP contribution in [-0.2, 0) is 0 Å². The van der Waals surface area contributed by atoms with E-state index in [-0.39, 0.29) is 6.61 Å². The van der Waals surface area contributed by atoms with E-state index in [1.54, 1.807) is 11.9 Å². The number of hydrogen-bond donors (Lipinski definition) is 1. The molecule has 2 rings (SSSR count). The minimum Gasteiger partial charge on any atom is -0.395 e. The summed E-state index contributed by atoms with van der Waals surface area (Å²) in [5.74, 6) is 0.966. The van der Waals surface area contributed by atoms with Crippen LogP contribution >= 0.6 is 0 Å². The molecule has 1 aromatic carbocycles. The van der Waals surface area contributed by atoms with E-state index in [4.69, 9.17) is 9.63 Å². The lowest BCUT2D eigenvalue weighted by Crippen LogP contribution is -2.22. The zero-order valence-corrected chi connectivity index (χ0v) is 9.00. The first-order chi connectivity index (χ1) is 7.81. The molecule has 0 unspecified atom stereocenters. The van der Waals surface area contributed by atoms with Crippen LogP contribution < -0.4 is 4.90 Å². The molecule has 0 fully saturated rings. The first-order valence-corrected chi connectivity index (χ1v) is 5.02. The van der Waals surface area contributed by atoms with Crippen molar-refractivity contribution in [2.45, 2.75) is 0 Å². The van der Waals surface area contributed by atoms with Crippen molar-refractivity contribution in [3.63, 3.8) is 0 Å². The van der Waals surface area contributed by atoms with Gasteiger partial charge in [-0.15, -0.1) is 0 Å². The molecule has 0 saturated carbocycles. The number of nitrogens with zero attached hydrogens (tertiary/aromatic N) is 3. The Morgan fingerprint density at radius 1 is 1.31 bits per heavy atom. The Bertz CT molecular complexity index is 442. The van der Waals surface area contributed by atoms with Crippen molar-refractivity contribution in [1.82, 2.24) is 10.1 Å². The minimum absolute atomic E-state index is 0.0612. The Balaban J connectivity index is 2.20. The minimum atomic E-state index is 0.0612. The summed E-state index contributed by atoms with van der Waals surface area (Å²) in [6.45, 7) is 0.541. The quantitative estimate of drug-likeness (QED) is 0.836. The molecule has 0 bridgehead atoms. The van der Waals surface area contributed by atoms with E-state index in [2.05, 4.69) is 10.1 Å². The molecule has 0 atom stereocenters. The summed E-state index contributed by atoms with van der Waals surface area (Å²) >= 11 is 0. The number of hydrogen-bond acceptors (Lipinski definition) is 5. The summed E-state index contributed by atoms with van der Waals surface area (Å²) < 4.78 is 5.13. The van der Waals surface area contributed by atoms with E-state index in [0.717, 1.165) is 5.56 Å². The SMILES string of the molecule is CN(CCO)c1noc(-c2ccccc2)n1. The molecule has 84 valence electrons. The van der Waals surface area contributed by atoms with Crippen LogP contribution in [0.3, 0.4) is 0 Å². The van der Waals surface area contributed by atoms with Gasteiger partial charge in [0.25, 0.3) is 11.8 Å². The zero-order chi connectivity index (χ0) is 11.4. The topological polar surface area (TPSA) is 62.4 Å². The third kappa shape index (κ3) is 2.20. The van der Waals surface area contributed by atoms with Crippen LogP contribution in [-0.4, -0.2) is 35.4 Å². The van der Waals surface area contributed by atoms with Gasteiger partial charge < -0.3 is 14.5 Å². The predicted molar refractivity (Wildman–Crippen MR) is 60.1 cm³/mol. The zero-order valence-electron chi connectivity index (χ0n) is 9.00. The van der Waals surface area contributed by atoms with Gasteiger partial charge in [-0.1, -0.05) is 18.2 Å². The second-order valence-corrected chi connectivity index (χ2v) is 3.41. The molecule has 0 amide bonds. The third-order valence-electron chi connectivity index (χ3n) is 2.21. The van der Waals surface area contributed by atoms with Crippen molar-refractivity contribution in [3.05, 3.63) is 30.3 Å². The lowest BCUT2D eigenvalue weighted by Gasteiger charge is -2.10. The van der Waals surface area contributed by atoms with Gasteiger partial charge >= 0.3 is 0 Å². The normalized spacial score (nSPS) is 10.4. The first-order valence-electron chi connectivity index (χ1n) is 5.02. The van der Waals surface area contributed by atoms with Gasteiger partial charge in [0.1, 0.15) is 0 Å². The Morgan fingerprint density at radius 2 is 2.06 bits per heavy atom. The molecule has 0 aliphatic carbocycles. The highest BCUT2D eigenvalue weighted by Gasteiger charge is 2.11. The van der Waals surface area contributed by atoms with Gasteiger partial charge in [-0.2, -0.15) is 4.98 Å². The highest BCUT2D eigenvalue weighted by Crippen LogP contribution is 2.18. The number of aliphatic hydroxyl groups excluding tert-OH is 1. The Morgan fingerprint density at radius 3 is 2.75 bits per heavy atom. The summed E-state index contributed by atoms with van der Waals surface area (Å²) in [5.41, 5.74) is 0.888. The molecule has 1 N–H and O–H groups in total. The summed E-state index contributed by atoms with van der Waals surface area (Å²) in [5, 5.41) is 12.6. The van der Waals surface area contributed by atoms with Gasteiger partial charge in [0.15, 0.2) is 0 Å². The van der Waals surface area contributed by atoms with Crippen LogP contribution in [0.25, 0.3) is 11.5 Å². The van der Waals surface area contributed by atoms with Crippen molar-refractivity contribution in [2.75, 3.05) is 25.1 Å². The monoisotopic (exact) mass is 219 g/mol. The predicted octanol–water partition coefficient (Wildman–Crippen LogP) is 1.17. The van der Waals surface area contributed by atoms with E-state index in [0.29, 0.717) is 18.4 Å². The van der Waals surface area contributed by atoms with Crippen LogP contribution in [0.5, 0.6) is 0 Å². The lowest BCUT2D eigenvalue weighted by molar-refractivity contribution is 0.303.